The molecule has 1 aromatic carbocycles. The second-order valence-corrected chi connectivity index (χ2v) is 3.23. The van der Waals surface area contributed by atoms with Crippen LogP contribution in [-0.4, -0.2) is 4.98 Å². The van der Waals surface area contributed by atoms with E-state index in [1.807, 2.05) is 0 Å². The third-order valence-electron chi connectivity index (χ3n) is 1.98. The number of nitrogens with two attached hydrogens (primary N) is 1. The molecule has 0 saturated carbocycles. The average Bonchev–Trinajstić information content (AvgIpc) is 2.27. The second kappa shape index (κ2) is 4.14. The van der Waals surface area contributed by atoms with E-state index in [9.17, 15) is 8.78 Å². The van der Waals surface area contributed by atoms with Crippen LogP contribution >= 0.6 is 0 Å². The molecule has 2 rings (SSSR count). The number of nitrogens with zero attached hydrogens (tertiary/aromatic N) is 1. The fraction of sp³-hybridized carbons (Fsp3) is 0. The summed E-state index contributed by atoms with van der Waals surface area (Å²) >= 11 is 0. The Hall–Kier alpha value is -2.17. The average molecular weight is 221 g/mol. The number of hydrogen-bond acceptors (Lipinski definition) is 3. The van der Waals surface area contributed by atoms with Crippen LogP contribution in [0.2, 0.25) is 0 Å². The summed E-state index contributed by atoms with van der Waals surface area (Å²) in [6, 6.07) is 6.37. The molecule has 3 N–H and O–H groups in total. The fourth-order valence-electron chi connectivity index (χ4n) is 1.21. The highest BCUT2D eigenvalue weighted by Crippen LogP contribution is 2.19. The van der Waals surface area contributed by atoms with Crippen LogP contribution in [0.25, 0.3) is 0 Å². The smallest absolute Gasteiger partial charge is 0.146 e. The molecular formula is C11H9F2N3. The van der Waals surface area contributed by atoms with E-state index in [4.69, 9.17) is 5.73 Å². The molecule has 0 atom stereocenters. The Bertz CT molecular complexity index is 497. The summed E-state index contributed by atoms with van der Waals surface area (Å²) in [5.41, 5.74) is 5.99. The van der Waals surface area contributed by atoms with Gasteiger partial charge in [-0.3, -0.25) is 0 Å². The van der Waals surface area contributed by atoms with E-state index in [-0.39, 0.29) is 5.69 Å². The van der Waals surface area contributed by atoms with Crippen molar-refractivity contribution >= 4 is 17.2 Å². The van der Waals surface area contributed by atoms with Gasteiger partial charge < -0.3 is 11.1 Å². The second-order valence-electron chi connectivity index (χ2n) is 3.23. The standard InChI is InChI=1S/C11H9F2N3/c12-7-1-3-9(13)10(5-7)16-11-4-2-8(14)6-15-11/h1-6H,14H2,(H,15,16). The number of nitrogen functional groups attached to an aromatic ring is 1. The minimum absolute atomic E-state index is 0.0391. The molecule has 16 heavy (non-hydrogen) atoms. The zero-order chi connectivity index (χ0) is 11.5. The molecule has 1 heterocycles. The number of nitrogens with one attached hydrogen (secondary N) is 1. The lowest BCUT2D eigenvalue weighted by molar-refractivity contribution is 0.603. The van der Waals surface area contributed by atoms with E-state index >= 15 is 0 Å². The van der Waals surface area contributed by atoms with Crippen LogP contribution in [0.5, 0.6) is 0 Å². The van der Waals surface area contributed by atoms with E-state index in [0.717, 1.165) is 18.2 Å². The summed E-state index contributed by atoms with van der Waals surface area (Å²) in [6.07, 6.45) is 1.43. The number of halogens is 2. The van der Waals surface area contributed by atoms with Crippen LogP contribution in [0.15, 0.2) is 36.5 Å². The lowest BCUT2D eigenvalue weighted by Gasteiger charge is -2.06. The molecule has 0 radical (unpaired) electrons. The highest BCUT2D eigenvalue weighted by atomic mass is 19.1. The van der Waals surface area contributed by atoms with Crippen LogP contribution in [-0.2, 0) is 0 Å². The van der Waals surface area contributed by atoms with Crippen LogP contribution in [0.3, 0.4) is 0 Å². The quantitative estimate of drug-likeness (QED) is 0.819. The van der Waals surface area contributed by atoms with Gasteiger partial charge in [0.2, 0.25) is 0 Å². The molecule has 2 aromatic rings. The van der Waals surface area contributed by atoms with Crippen molar-refractivity contribution in [3.8, 4) is 0 Å². The normalized spacial score (nSPS) is 10.1. The lowest BCUT2D eigenvalue weighted by atomic mass is 10.3. The Labute approximate surface area is 90.9 Å². The topological polar surface area (TPSA) is 50.9 Å². The molecule has 1 aromatic heterocycles. The SMILES string of the molecule is Nc1ccc(Nc2cc(F)ccc2F)nc1. The fourth-order valence-corrected chi connectivity index (χ4v) is 1.21. The van der Waals surface area contributed by atoms with E-state index in [1.165, 1.54) is 6.20 Å². The van der Waals surface area contributed by atoms with Crippen molar-refractivity contribution < 1.29 is 8.78 Å². The summed E-state index contributed by atoms with van der Waals surface area (Å²) in [5, 5.41) is 2.66. The molecule has 0 aliphatic rings. The van der Waals surface area contributed by atoms with Gasteiger partial charge in [-0.15, -0.1) is 0 Å². The van der Waals surface area contributed by atoms with Gasteiger partial charge in [-0.25, -0.2) is 13.8 Å². The van der Waals surface area contributed by atoms with Gasteiger partial charge in [0, 0.05) is 6.07 Å². The van der Waals surface area contributed by atoms with Gasteiger partial charge in [0.05, 0.1) is 17.6 Å². The van der Waals surface area contributed by atoms with E-state index < -0.39 is 11.6 Å². The zero-order valence-corrected chi connectivity index (χ0v) is 8.24. The van der Waals surface area contributed by atoms with Gasteiger partial charge in [0.25, 0.3) is 0 Å². The van der Waals surface area contributed by atoms with Crippen molar-refractivity contribution in [3.05, 3.63) is 48.2 Å². The summed E-state index contributed by atoms with van der Waals surface area (Å²) in [6.45, 7) is 0. The molecule has 0 aliphatic heterocycles. The Morgan fingerprint density at radius 3 is 2.62 bits per heavy atom. The molecule has 0 saturated heterocycles. The Morgan fingerprint density at radius 2 is 1.94 bits per heavy atom. The Kier molecular flexibility index (Phi) is 2.68. The zero-order valence-electron chi connectivity index (χ0n) is 8.24. The van der Waals surface area contributed by atoms with Gasteiger partial charge in [-0.1, -0.05) is 0 Å². The molecule has 0 amide bonds. The highest BCUT2D eigenvalue weighted by molar-refractivity contribution is 5.58. The first-order chi connectivity index (χ1) is 7.65. The summed E-state index contributed by atoms with van der Waals surface area (Å²) in [7, 11) is 0. The van der Waals surface area contributed by atoms with Crippen LogP contribution in [0.4, 0.5) is 26.0 Å². The molecule has 5 heteroatoms. The Morgan fingerprint density at radius 1 is 1.12 bits per heavy atom. The number of hydrogen-bond donors (Lipinski definition) is 2. The predicted molar refractivity (Wildman–Crippen MR) is 58.3 cm³/mol. The molecule has 0 bridgehead atoms. The first-order valence-corrected chi connectivity index (χ1v) is 4.59. The van der Waals surface area contributed by atoms with Crippen molar-refractivity contribution in [1.29, 1.82) is 0 Å². The van der Waals surface area contributed by atoms with Crippen LogP contribution < -0.4 is 11.1 Å². The maximum atomic E-state index is 13.3. The monoisotopic (exact) mass is 221 g/mol. The van der Waals surface area contributed by atoms with Crippen molar-refractivity contribution in [2.24, 2.45) is 0 Å². The number of anilines is 3. The molecule has 0 spiro atoms. The first-order valence-electron chi connectivity index (χ1n) is 4.59. The first kappa shape index (κ1) is 10.4. The summed E-state index contributed by atoms with van der Waals surface area (Å²) < 4.78 is 26.1. The molecular weight excluding hydrogens is 212 g/mol. The minimum Gasteiger partial charge on any atom is -0.397 e. The maximum Gasteiger partial charge on any atom is 0.146 e. The molecule has 0 unspecified atom stereocenters. The largest absolute Gasteiger partial charge is 0.397 e. The third kappa shape index (κ3) is 2.25. The van der Waals surface area contributed by atoms with Crippen molar-refractivity contribution in [1.82, 2.24) is 4.98 Å². The van der Waals surface area contributed by atoms with Crippen molar-refractivity contribution in [2.75, 3.05) is 11.1 Å². The number of benzene rings is 1. The van der Waals surface area contributed by atoms with Gasteiger partial charge in [-0.2, -0.15) is 0 Å². The number of pyridine rings is 1. The number of rotatable bonds is 2. The molecule has 0 aliphatic carbocycles. The Balaban J connectivity index is 2.26. The van der Waals surface area contributed by atoms with E-state index in [2.05, 4.69) is 10.3 Å². The molecule has 0 fully saturated rings. The molecule has 3 nitrogen and oxygen atoms in total. The lowest BCUT2D eigenvalue weighted by Crippen LogP contribution is -1.97. The minimum atomic E-state index is -0.542. The van der Waals surface area contributed by atoms with Crippen molar-refractivity contribution in [2.45, 2.75) is 0 Å². The van der Waals surface area contributed by atoms with E-state index in [1.54, 1.807) is 12.1 Å². The van der Waals surface area contributed by atoms with E-state index in [0.29, 0.717) is 11.5 Å². The summed E-state index contributed by atoms with van der Waals surface area (Å²) in [4.78, 5) is 3.92. The maximum absolute atomic E-state index is 13.3. The number of aromatic nitrogens is 1. The highest BCUT2D eigenvalue weighted by Gasteiger charge is 2.04. The predicted octanol–water partition coefficient (Wildman–Crippen LogP) is 2.69. The third-order valence-corrected chi connectivity index (χ3v) is 1.98. The van der Waals surface area contributed by atoms with Gasteiger partial charge in [0.1, 0.15) is 17.5 Å². The van der Waals surface area contributed by atoms with Gasteiger partial charge >= 0.3 is 0 Å². The van der Waals surface area contributed by atoms with Gasteiger partial charge in [0.15, 0.2) is 0 Å². The van der Waals surface area contributed by atoms with Crippen LogP contribution in [0, 0.1) is 11.6 Å². The summed E-state index contributed by atoms with van der Waals surface area (Å²) in [5.74, 6) is -0.655. The van der Waals surface area contributed by atoms with Gasteiger partial charge in [-0.05, 0) is 24.3 Å². The molecule has 82 valence electrons. The van der Waals surface area contributed by atoms with Crippen LogP contribution in [0.1, 0.15) is 0 Å². The van der Waals surface area contributed by atoms with Crippen molar-refractivity contribution in [3.63, 3.8) is 0 Å².